The first-order valence-electron chi connectivity index (χ1n) is 2.17. The minimum Gasteiger partial charge on any atom is -0.265 e. The first-order chi connectivity index (χ1) is 3.93. The fourth-order valence-electron chi connectivity index (χ4n) is 0.419. The van der Waals surface area contributed by atoms with Gasteiger partial charge in [0.25, 0.3) is 0 Å². The lowest BCUT2D eigenvalue weighted by Gasteiger charge is -1.79. The van der Waals surface area contributed by atoms with Crippen LogP contribution in [0.4, 0.5) is 0 Å². The lowest BCUT2D eigenvalue weighted by atomic mass is 10.4. The average Bonchev–Trinajstić information content (AvgIpc) is 1.90. The standard InChI is InChI=1S/C6H4IO/c8-7-6-4-2-1-3-5-6/h1-4H. The van der Waals surface area contributed by atoms with E-state index in [0.29, 0.717) is 0 Å². The van der Waals surface area contributed by atoms with Gasteiger partial charge in [0.2, 0.25) is 0 Å². The summed E-state index contributed by atoms with van der Waals surface area (Å²) in [6.07, 6.45) is 0. The molecule has 0 unspecified atom stereocenters. The van der Waals surface area contributed by atoms with Crippen molar-refractivity contribution in [3.8, 4) is 0 Å². The number of hydrogen-bond acceptors (Lipinski definition) is 1. The summed E-state index contributed by atoms with van der Waals surface area (Å²) in [5, 5.41) is 0. The number of hydrogen-bond donors (Lipinski definition) is 0. The van der Waals surface area contributed by atoms with Crippen LogP contribution in [0.2, 0.25) is 0 Å². The second-order valence-corrected chi connectivity index (χ2v) is 2.89. The van der Waals surface area contributed by atoms with Crippen LogP contribution in [0.25, 0.3) is 0 Å². The maximum Gasteiger partial charge on any atom is 0.182 e. The van der Waals surface area contributed by atoms with Gasteiger partial charge < -0.3 is 0 Å². The van der Waals surface area contributed by atoms with Crippen molar-refractivity contribution >= 4 is 21.2 Å². The predicted octanol–water partition coefficient (Wildman–Crippen LogP) is 1.97. The highest BCUT2D eigenvalue weighted by Gasteiger charge is 1.82. The Bertz CT molecular complexity index is 171. The first kappa shape index (κ1) is 5.88. The maximum absolute atomic E-state index is 10.2. The van der Waals surface area contributed by atoms with Crippen LogP contribution in [-0.2, 0) is 3.07 Å². The van der Waals surface area contributed by atoms with E-state index in [1.807, 2.05) is 18.2 Å². The Hall–Kier alpha value is -0.250. The van der Waals surface area contributed by atoms with E-state index < -0.39 is 21.2 Å². The highest BCUT2D eigenvalue weighted by molar-refractivity contribution is 14.1. The van der Waals surface area contributed by atoms with Crippen LogP contribution in [-0.4, -0.2) is 0 Å². The minimum absolute atomic E-state index is 0.839. The second kappa shape index (κ2) is 2.91. The van der Waals surface area contributed by atoms with E-state index in [9.17, 15) is 3.07 Å². The molecule has 0 aliphatic rings. The van der Waals surface area contributed by atoms with Gasteiger partial charge in [0, 0.05) is 0 Å². The molecule has 0 amide bonds. The number of rotatable bonds is 1. The molecule has 0 heterocycles. The Labute approximate surface area is 58.4 Å². The third kappa shape index (κ3) is 1.36. The summed E-state index contributed by atoms with van der Waals surface area (Å²) in [6, 6.07) is 10.2. The molecule has 0 aliphatic carbocycles. The summed E-state index contributed by atoms with van der Waals surface area (Å²) in [5.74, 6) is 0. The fraction of sp³-hybridized carbons (Fsp3) is 0. The Morgan fingerprint density at radius 1 is 1.50 bits per heavy atom. The Morgan fingerprint density at radius 3 is 2.75 bits per heavy atom. The molecule has 1 radical (unpaired) electrons. The fourth-order valence-corrected chi connectivity index (χ4v) is 1.08. The summed E-state index contributed by atoms with van der Waals surface area (Å²) in [7, 11) is 0. The number of benzene rings is 1. The Morgan fingerprint density at radius 2 is 2.38 bits per heavy atom. The molecule has 0 N–H and O–H groups in total. The van der Waals surface area contributed by atoms with Crippen molar-refractivity contribution in [1.82, 2.24) is 0 Å². The highest BCUT2D eigenvalue weighted by Crippen LogP contribution is 2.05. The van der Waals surface area contributed by atoms with Gasteiger partial charge >= 0.3 is 0 Å². The lowest BCUT2D eigenvalue weighted by molar-refractivity contribution is 0.648. The molecule has 0 spiro atoms. The van der Waals surface area contributed by atoms with Crippen LogP contribution >= 0.6 is 21.2 Å². The Kier molecular flexibility index (Phi) is 2.14. The van der Waals surface area contributed by atoms with Crippen LogP contribution in [0.1, 0.15) is 0 Å². The van der Waals surface area contributed by atoms with Gasteiger partial charge in [0.15, 0.2) is 21.2 Å². The molecule has 0 atom stereocenters. The van der Waals surface area contributed by atoms with Gasteiger partial charge in [-0.05, 0) is 12.1 Å². The summed E-state index contributed by atoms with van der Waals surface area (Å²) < 4.78 is 11.0. The third-order valence-corrected chi connectivity index (χ3v) is 1.90. The molecule has 1 rings (SSSR count). The van der Waals surface area contributed by atoms with Crippen LogP contribution in [0, 0.1) is 9.64 Å². The van der Waals surface area contributed by atoms with E-state index in [1.54, 1.807) is 6.07 Å². The molecule has 0 aromatic heterocycles. The first-order valence-corrected chi connectivity index (χ1v) is 4.13. The molecule has 2 heteroatoms. The maximum atomic E-state index is 10.2. The van der Waals surface area contributed by atoms with E-state index in [1.165, 1.54) is 0 Å². The molecule has 1 aromatic rings. The van der Waals surface area contributed by atoms with Crippen LogP contribution in [0.3, 0.4) is 0 Å². The van der Waals surface area contributed by atoms with Gasteiger partial charge in [-0.2, -0.15) is 0 Å². The zero-order valence-corrected chi connectivity index (χ0v) is 6.25. The van der Waals surface area contributed by atoms with Crippen molar-refractivity contribution in [3.05, 3.63) is 33.9 Å². The van der Waals surface area contributed by atoms with Crippen molar-refractivity contribution in [3.63, 3.8) is 0 Å². The monoisotopic (exact) mass is 219 g/mol. The van der Waals surface area contributed by atoms with Gasteiger partial charge in [-0.25, -0.2) is 0 Å². The minimum atomic E-state index is -0.996. The van der Waals surface area contributed by atoms with Crippen molar-refractivity contribution in [2.24, 2.45) is 0 Å². The quantitative estimate of drug-likeness (QED) is 0.660. The van der Waals surface area contributed by atoms with Crippen LogP contribution in [0.5, 0.6) is 0 Å². The van der Waals surface area contributed by atoms with Crippen molar-refractivity contribution in [2.45, 2.75) is 0 Å². The van der Waals surface area contributed by atoms with Gasteiger partial charge in [-0.15, -0.1) is 0 Å². The molecule has 0 fully saturated rings. The third-order valence-electron chi connectivity index (χ3n) is 0.754. The van der Waals surface area contributed by atoms with Gasteiger partial charge in [0.1, 0.15) is 0 Å². The molecule has 0 saturated heterocycles. The van der Waals surface area contributed by atoms with Gasteiger partial charge in [0.05, 0.1) is 3.57 Å². The molecular weight excluding hydrogens is 215 g/mol. The summed E-state index contributed by atoms with van der Waals surface area (Å²) in [5.41, 5.74) is 0. The highest BCUT2D eigenvalue weighted by atomic mass is 127. The average molecular weight is 219 g/mol. The molecule has 41 valence electrons. The van der Waals surface area contributed by atoms with Gasteiger partial charge in [-0.1, -0.05) is 18.2 Å². The largest absolute Gasteiger partial charge is 0.265 e. The molecule has 0 saturated carbocycles. The predicted molar refractivity (Wildman–Crippen MR) is 38.7 cm³/mol. The lowest BCUT2D eigenvalue weighted by Crippen LogP contribution is -1.64. The van der Waals surface area contributed by atoms with Crippen molar-refractivity contribution in [1.29, 1.82) is 0 Å². The van der Waals surface area contributed by atoms with E-state index in [2.05, 4.69) is 6.07 Å². The van der Waals surface area contributed by atoms with E-state index in [4.69, 9.17) is 0 Å². The SMILES string of the molecule is O=Ic1[c]cccc1. The van der Waals surface area contributed by atoms with Crippen molar-refractivity contribution in [2.75, 3.05) is 0 Å². The number of halogens is 1. The Balaban J connectivity index is 2.99. The normalized spacial score (nSPS) is 9.00. The van der Waals surface area contributed by atoms with E-state index in [0.717, 1.165) is 3.57 Å². The summed E-state index contributed by atoms with van der Waals surface area (Å²) in [4.78, 5) is 0. The van der Waals surface area contributed by atoms with Gasteiger partial charge in [-0.3, -0.25) is 3.07 Å². The van der Waals surface area contributed by atoms with Crippen LogP contribution < -0.4 is 0 Å². The molecule has 0 aliphatic heterocycles. The summed E-state index contributed by atoms with van der Waals surface area (Å²) >= 11 is -0.996. The molecule has 1 aromatic carbocycles. The van der Waals surface area contributed by atoms with Crippen molar-refractivity contribution < 1.29 is 3.07 Å². The molecule has 0 bridgehead atoms. The second-order valence-electron chi connectivity index (χ2n) is 1.29. The zero-order valence-electron chi connectivity index (χ0n) is 4.10. The zero-order chi connectivity index (χ0) is 5.82. The smallest absolute Gasteiger partial charge is 0.182 e. The topological polar surface area (TPSA) is 17.1 Å². The molecule has 1 nitrogen and oxygen atoms in total. The molecule has 8 heavy (non-hydrogen) atoms. The van der Waals surface area contributed by atoms with E-state index >= 15 is 0 Å². The summed E-state index contributed by atoms with van der Waals surface area (Å²) in [6.45, 7) is 0. The molecular formula is C6H4IO. The van der Waals surface area contributed by atoms with Crippen LogP contribution in [0.15, 0.2) is 24.3 Å². The van der Waals surface area contributed by atoms with E-state index in [-0.39, 0.29) is 0 Å².